The molecule has 1 rings (SSSR count). The van der Waals surface area contributed by atoms with Crippen molar-refractivity contribution >= 4 is 6.66 Å². The van der Waals surface area contributed by atoms with Crippen molar-refractivity contribution in [1.82, 2.24) is 3.80 Å². The van der Waals surface area contributed by atoms with Crippen molar-refractivity contribution < 1.29 is 16.1 Å². The van der Waals surface area contributed by atoms with E-state index in [1.807, 2.05) is 3.88 Å². The van der Waals surface area contributed by atoms with E-state index in [0.717, 1.165) is 0 Å². The van der Waals surface area contributed by atoms with Crippen molar-refractivity contribution in [2.75, 3.05) is 0 Å². The van der Waals surface area contributed by atoms with E-state index >= 15 is 0 Å². The summed E-state index contributed by atoms with van der Waals surface area (Å²) in [5, 5.41) is 0. The molecule has 18 heavy (non-hydrogen) atoms. The van der Waals surface area contributed by atoms with Gasteiger partial charge in [-0.25, -0.2) is 0 Å². The van der Waals surface area contributed by atoms with Gasteiger partial charge in [-0.2, -0.15) is 0 Å². The fourth-order valence-corrected chi connectivity index (χ4v) is 38.4. The first-order valence-corrected chi connectivity index (χ1v) is 17.9. The van der Waals surface area contributed by atoms with Crippen molar-refractivity contribution in [1.29, 1.82) is 0 Å². The average molecular weight is 303 g/mol. The van der Waals surface area contributed by atoms with Crippen LogP contribution in [0.3, 0.4) is 0 Å². The Hall–Kier alpha value is 0.371. The molecular weight excluding hydrogens is 270 g/mol. The van der Waals surface area contributed by atoms with E-state index in [1.54, 1.807) is 0 Å². The van der Waals surface area contributed by atoms with E-state index in [2.05, 4.69) is 76.7 Å². The van der Waals surface area contributed by atoms with E-state index in [9.17, 15) is 0 Å². The second-order valence-electron chi connectivity index (χ2n) is 8.98. The summed E-state index contributed by atoms with van der Waals surface area (Å²) in [5.74, 6) is 0. The van der Waals surface area contributed by atoms with Gasteiger partial charge < -0.3 is 0 Å². The van der Waals surface area contributed by atoms with Crippen LogP contribution < -0.4 is 3.80 Å². The minimum absolute atomic E-state index is 0.244. The van der Waals surface area contributed by atoms with Crippen LogP contribution >= 0.6 is 0 Å². The number of allylic oxidation sites excluding steroid dienone is 4. The van der Waals surface area contributed by atoms with Crippen LogP contribution in [0.5, 0.6) is 0 Å². The molecule has 1 N–H and O–H groups in total. The first-order chi connectivity index (χ1) is 8.01. The molecule has 0 amide bonds. The summed E-state index contributed by atoms with van der Waals surface area (Å²) in [4.78, 5) is 0. The van der Waals surface area contributed by atoms with Gasteiger partial charge in [0.1, 0.15) is 0 Å². The van der Waals surface area contributed by atoms with Gasteiger partial charge in [-0.1, -0.05) is 0 Å². The first kappa shape index (κ1) is 16.4. The maximum absolute atomic E-state index is 4.22. The summed E-state index contributed by atoms with van der Waals surface area (Å²) in [6, 6.07) is 0. The summed E-state index contributed by atoms with van der Waals surface area (Å²) >= 11 is -2.61. The number of nitrogens with one attached hydrogen (secondary N) is 1. The molecule has 1 nitrogen and oxygen atoms in total. The molecule has 0 fully saturated rings. The second-order valence-corrected chi connectivity index (χ2v) is 33.3. The molecule has 0 radical (unpaired) electrons. The van der Waals surface area contributed by atoms with Gasteiger partial charge in [0.25, 0.3) is 0 Å². The van der Waals surface area contributed by atoms with Crippen LogP contribution in [-0.4, -0.2) is 12.2 Å². The molecule has 0 saturated heterocycles. The SMILES string of the molecule is C[SiH](C)[TiH2]([NH]C(C)(C)C)([C]1=CC=CC1)[C](C)(C)C. The van der Waals surface area contributed by atoms with Gasteiger partial charge in [-0.15, -0.1) is 0 Å². The second kappa shape index (κ2) is 5.40. The number of hydrogen-bond acceptors (Lipinski definition) is 1. The zero-order valence-corrected chi connectivity index (χ0v) is 17.1. The first-order valence-electron chi connectivity index (χ1n) is 7.59. The molecule has 0 aromatic rings. The van der Waals surface area contributed by atoms with Crippen LogP contribution in [0.2, 0.25) is 16.8 Å². The van der Waals surface area contributed by atoms with Crippen LogP contribution in [0.15, 0.2) is 22.1 Å². The molecule has 1 aliphatic carbocycles. The standard InChI is InChI=1S/C5H5.C4H10N.C4H9.C2H7Si.Ti.2H/c1-2-4-5-3-1;1-4(2,3)5;1-4(2)3;1-3-2;;;/h1-3H,4H2;5H,1-3H3;1-3H3;3H,1-2H3;;;/q;-1;;;+1;;. The Morgan fingerprint density at radius 2 is 1.67 bits per heavy atom. The molecule has 0 spiro atoms. The van der Waals surface area contributed by atoms with Crippen molar-refractivity contribution in [3.8, 4) is 0 Å². The Labute approximate surface area is 119 Å². The van der Waals surface area contributed by atoms with Crippen LogP contribution in [0.25, 0.3) is 0 Å². The van der Waals surface area contributed by atoms with Gasteiger partial charge >= 0.3 is 119 Å². The normalized spacial score (nSPS) is 18.4. The number of hydrogen-bond donors (Lipinski definition) is 1. The monoisotopic (exact) mass is 303 g/mol. The molecule has 0 saturated carbocycles. The predicted octanol–water partition coefficient (Wildman–Crippen LogP) is 3.95. The minimum atomic E-state index is -2.61. The maximum atomic E-state index is 4.22. The number of rotatable bonds is 3. The van der Waals surface area contributed by atoms with Crippen LogP contribution in [0, 0.1) is 0 Å². The van der Waals surface area contributed by atoms with E-state index < -0.39 is 22.8 Å². The molecule has 0 heterocycles. The molecule has 0 aromatic carbocycles. The molecular formula is C15H33NSiTi. The zero-order chi connectivity index (χ0) is 14.2. The van der Waals surface area contributed by atoms with E-state index in [-0.39, 0.29) is 5.54 Å². The third-order valence-corrected chi connectivity index (χ3v) is 38.1. The van der Waals surface area contributed by atoms with E-state index in [0.29, 0.717) is 3.72 Å². The van der Waals surface area contributed by atoms with Gasteiger partial charge in [0, 0.05) is 0 Å². The quantitative estimate of drug-likeness (QED) is 0.778. The van der Waals surface area contributed by atoms with Crippen LogP contribution in [0.4, 0.5) is 0 Å². The summed E-state index contributed by atoms with van der Waals surface area (Å²) in [5.41, 5.74) is 0.244. The molecule has 3 heteroatoms. The molecule has 0 aromatic heterocycles. The van der Waals surface area contributed by atoms with Crippen molar-refractivity contribution in [3.05, 3.63) is 22.1 Å². The third kappa shape index (κ3) is 3.27. The van der Waals surface area contributed by atoms with Gasteiger partial charge in [-0.3, -0.25) is 0 Å². The fraction of sp³-hybridized carbons (Fsp3) is 0.733. The van der Waals surface area contributed by atoms with Crippen molar-refractivity contribution in [3.63, 3.8) is 0 Å². The Kier molecular flexibility index (Phi) is 4.92. The van der Waals surface area contributed by atoms with E-state index in [4.69, 9.17) is 0 Å². The molecule has 0 atom stereocenters. The molecule has 0 aliphatic heterocycles. The Morgan fingerprint density at radius 3 is 1.94 bits per heavy atom. The molecule has 106 valence electrons. The average Bonchev–Trinajstić information content (AvgIpc) is 2.62. The summed E-state index contributed by atoms with van der Waals surface area (Å²) < 4.78 is 6.50. The van der Waals surface area contributed by atoms with Crippen LogP contribution in [0.1, 0.15) is 48.0 Å². The fourth-order valence-electron chi connectivity index (χ4n) is 4.75. The third-order valence-electron chi connectivity index (χ3n) is 5.27. The van der Waals surface area contributed by atoms with Gasteiger partial charge in [0.05, 0.1) is 0 Å². The molecule has 0 unspecified atom stereocenters. The predicted molar refractivity (Wildman–Crippen MR) is 86.1 cm³/mol. The Morgan fingerprint density at radius 1 is 1.11 bits per heavy atom. The Balaban J connectivity index is 3.29. The summed E-state index contributed by atoms with van der Waals surface area (Å²) in [6.07, 6.45) is 8.27. The molecule has 0 bridgehead atoms. The van der Waals surface area contributed by atoms with Crippen molar-refractivity contribution in [2.45, 2.75) is 70.3 Å². The molecule has 1 aliphatic rings. The van der Waals surface area contributed by atoms with Gasteiger partial charge in [-0.05, 0) is 0 Å². The summed E-state index contributed by atoms with van der Waals surface area (Å²) in [7, 11) is 0. The van der Waals surface area contributed by atoms with E-state index in [1.165, 1.54) is 6.42 Å². The topological polar surface area (TPSA) is 12.0 Å². The van der Waals surface area contributed by atoms with Crippen LogP contribution in [-0.2, 0) is 16.1 Å². The van der Waals surface area contributed by atoms with Crippen molar-refractivity contribution in [2.24, 2.45) is 0 Å². The summed E-state index contributed by atoms with van der Waals surface area (Å²) in [6.45, 7) is 18.9. The van der Waals surface area contributed by atoms with Gasteiger partial charge in [0.2, 0.25) is 0 Å². The van der Waals surface area contributed by atoms with Gasteiger partial charge in [0.15, 0.2) is 0 Å². The zero-order valence-electron chi connectivity index (χ0n) is 13.7. The Bertz CT molecular complexity index is 358.